The average molecular weight is 306 g/mol. The third-order valence-corrected chi connectivity index (χ3v) is 3.90. The first-order chi connectivity index (χ1) is 10.6. The van der Waals surface area contributed by atoms with Crippen molar-refractivity contribution in [3.63, 3.8) is 0 Å². The smallest absolute Gasteiger partial charge is 0.320 e. The standard InChI is InChI=1S/C15H18N2O5/c18-14(8-17-6-2-1-3-11(17)15(19)20)16-10-4-5-12-13(7-10)22-9-21-12/h4-5,7,11H,1-3,6,8-9H2,(H,16,18)(H,19,20). The lowest BCUT2D eigenvalue weighted by atomic mass is 10.0. The fourth-order valence-electron chi connectivity index (χ4n) is 2.82. The summed E-state index contributed by atoms with van der Waals surface area (Å²) in [5.74, 6) is 0.154. The quantitative estimate of drug-likeness (QED) is 0.871. The molecule has 2 aliphatic heterocycles. The van der Waals surface area contributed by atoms with Crippen LogP contribution in [0.3, 0.4) is 0 Å². The van der Waals surface area contributed by atoms with Gasteiger partial charge in [-0.15, -0.1) is 0 Å². The zero-order valence-electron chi connectivity index (χ0n) is 12.1. The van der Waals surface area contributed by atoms with E-state index >= 15 is 0 Å². The number of benzene rings is 1. The Bertz CT molecular complexity index is 589. The molecule has 2 N–H and O–H groups in total. The van der Waals surface area contributed by atoms with Crippen molar-refractivity contribution in [2.75, 3.05) is 25.2 Å². The molecule has 7 nitrogen and oxygen atoms in total. The summed E-state index contributed by atoms with van der Waals surface area (Å²) >= 11 is 0. The maximum atomic E-state index is 12.1. The Morgan fingerprint density at radius 3 is 2.91 bits per heavy atom. The molecule has 1 amide bonds. The number of carboxylic acid groups (broad SMARTS) is 1. The average Bonchev–Trinajstić information content (AvgIpc) is 2.95. The molecule has 0 radical (unpaired) electrons. The summed E-state index contributed by atoms with van der Waals surface area (Å²) in [5, 5.41) is 12.0. The number of aliphatic carboxylic acids is 1. The van der Waals surface area contributed by atoms with E-state index in [1.165, 1.54) is 0 Å². The summed E-state index contributed by atoms with van der Waals surface area (Å²) in [6.07, 6.45) is 2.39. The minimum atomic E-state index is -0.865. The number of anilines is 1. The van der Waals surface area contributed by atoms with E-state index in [1.54, 1.807) is 23.1 Å². The van der Waals surface area contributed by atoms with Crippen molar-refractivity contribution < 1.29 is 24.2 Å². The summed E-state index contributed by atoms with van der Waals surface area (Å²) in [7, 11) is 0. The molecule has 22 heavy (non-hydrogen) atoms. The highest BCUT2D eigenvalue weighted by Gasteiger charge is 2.29. The molecule has 3 rings (SSSR count). The molecule has 0 bridgehead atoms. The van der Waals surface area contributed by atoms with Crippen LogP contribution in [0.2, 0.25) is 0 Å². The lowest BCUT2D eigenvalue weighted by molar-refractivity contribution is -0.145. The van der Waals surface area contributed by atoms with E-state index < -0.39 is 12.0 Å². The number of likely N-dealkylation sites (tertiary alicyclic amines) is 1. The number of ether oxygens (including phenoxy) is 2. The summed E-state index contributed by atoms with van der Waals surface area (Å²) < 4.78 is 10.5. The molecule has 2 aliphatic rings. The number of hydrogen-bond donors (Lipinski definition) is 2. The Morgan fingerprint density at radius 2 is 2.09 bits per heavy atom. The second-order valence-electron chi connectivity index (χ2n) is 5.44. The van der Waals surface area contributed by atoms with Gasteiger partial charge in [0.1, 0.15) is 6.04 Å². The summed E-state index contributed by atoms with van der Waals surface area (Å²) in [6, 6.07) is 4.59. The van der Waals surface area contributed by atoms with E-state index in [2.05, 4.69) is 5.32 Å². The fraction of sp³-hybridized carbons (Fsp3) is 0.467. The number of nitrogens with one attached hydrogen (secondary N) is 1. The predicted octanol–water partition coefficient (Wildman–Crippen LogP) is 1.29. The molecule has 0 saturated carbocycles. The van der Waals surface area contributed by atoms with Gasteiger partial charge in [0.2, 0.25) is 12.7 Å². The molecular formula is C15H18N2O5. The zero-order chi connectivity index (χ0) is 15.5. The van der Waals surface area contributed by atoms with Gasteiger partial charge in [-0.2, -0.15) is 0 Å². The lowest BCUT2D eigenvalue weighted by Gasteiger charge is -2.32. The summed E-state index contributed by atoms with van der Waals surface area (Å²) in [6.45, 7) is 0.887. The second kappa shape index (κ2) is 6.23. The van der Waals surface area contributed by atoms with Gasteiger partial charge in [0, 0.05) is 11.8 Å². The van der Waals surface area contributed by atoms with Gasteiger partial charge < -0.3 is 19.9 Å². The first-order valence-corrected chi connectivity index (χ1v) is 7.30. The molecule has 1 fully saturated rings. The van der Waals surface area contributed by atoms with Gasteiger partial charge in [0.25, 0.3) is 0 Å². The van der Waals surface area contributed by atoms with Crippen LogP contribution in [-0.2, 0) is 9.59 Å². The molecular weight excluding hydrogens is 288 g/mol. The molecule has 1 aromatic rings. The monoisotopic (exact) mass is 306 g/mol. The van der Waals surface area contributed by atoms with Gasteiger partial charge in [0.15, 0.2) is 11.5 Å². The largest absolute Gasteiger partial charge is 0.480 e. The van der Waals surface area contributed by atoms with E-state index in [4.69, 9.17) is 9.47 Å². The van der Waals surface area contributed by atoms with Crippen LogP contribution in [0.25, 0.3) is 0 Å². The molecule has 118 valence electrons. The Balaban J connectivity index is 1.61. The van der Waals surface area contributed by atoms with E-state index in [1.807, 2.05) is 0 Å². The van der Waals surface area contributed by atoms with E-state index in [-0.39, 0.29) is 19.2 Å². The van der Waals surface area contributed by atoms with Crippen molar-refractivity contribution in [2.45, 2.75) is 25.3 Å². The van der Waals surface area contributed by atoms with Crippen molar-refractivity contribution in [3.8, 4) is 11.5 Å². The second-order valence-corrected chi connectivity index (χ2v) is 5.44. The predicted molar refractivity (Wildman–Crippen MR) is 78.0 cm³/mol. The van der Waals surface area contributed by atoms with Gasteiger partial charge in [-0.05, 0) is 31.5 Å². The van der Waals surface area contributed by atoms with Crippen LogP contribution >= 0.6 is 0 Å². The lowest BCUT2D eigenvalue weighted by Crippen LogP contribution is -2.47. The Labute approximate surface area is 127 Å². The fourth-order valence-corrected chi connectivity index (χ4v) is 2.82. The van der Waals surface area contributed by atoms with Gasteiger partial charge in [-0.3, -0.25) is 14.5 Å². The van der Waals surface area contributed by atoms with E-state index in [9.17, 15) is 14.7 Å². The third-order valence-electron chi connectivity index (χ3n) is 3.90. The number of carboxylic acids is 1. The van der Waals surface area contributed by atoms with Crippen LogP contribution in [0.4, 0.5) is 5.69 Å². The van der Waals surface area contributed by atoms with Crippen molar-refractivity contribution in [1.29, 1.82) is 0 Å². The van der Waals surface area contributed by atoms with Crippen molar-refractivity contribution in [2.24, 2.45) is 0 Å². The number of piperidine rings is 1. The number of rotatable bonds is 4. The van der Waals surface area contributed by atoms with E-state index in [0.29, 0.717) is 30.2 Å². The zero-order valence-corrected chi connectivity index (χ0v) is 12.1. The van der Waals surface area contributed by atoms with Crippen LogP contribution in [-0.4, -0.2) is 47.8 Å². The number of carbonyl (C=O) groups excluding carboxylic acids is 1. The molecule has 1 unspecified atom stereocenters. The minimum absolute atomic E-state index is 0.0748. The van der Waals surface area contributed by atoms with Gasteiger partial charge in [-0.25, -0.2) is 0 Å². The van der Waals surface area contributed by atoms with Crippen LogP contribution in [0.5, 0.6) is 11.5 Å². The number of hydrogen-bond acceptors (Lipinski definition) is 5. The molecule has 1 atom stereocenters. The van der Waals surface area contributed by atoms with Crippen molar-refractivity contribution in [3.05, 3.63) is 18.2 Å². The molecule has 1 aromatic carbocycles. The van der Waals surface area contributed by atoms with Crippen LogP contribution < -0.4 is 14.8 Å². The van der Waals surface area contributed by atoms with Crippen LogP contribution in [0, 0.1) is 0 Å². The highest BCUT2D eigenvalue weighted by atomic mass is 16.7. The first kappa shape index (κ1) is 14.6. The number of carbonyl (C=O) groups is 2. The van der Waals surface area contributed by atoms with Gasteiger partial charge in [-0.1, -0.05) is 6.42 Å². The highest BCUT2D eigenvalue weighted by molar-refractivity contribution is 5.93. The molecule has 7 heteroatoms. The number of amides is 1. The van der Waals surface area contributed by atoms with Crippen molar-refractivity contribution >= 4 is 17.6 Å². The topological polar surface area (TPSA) is 88.1 Å². The van der Waals surface area contributed by atoms with Gasteiger partial charge >= 0.3 is 5.97 Å². The van der Waals surface area contributed by atoms with Gasteiger partial charge in [0.05, 0.1) is 6.54 Å². The molecule has 2 heterocycles. The Kier molecular flexibility index (Phi) is 4.15. The molecule has 0 aliphatic carbocycles. The SMILES string of the molecule is O=C(CN1CCCCC1C(=O)O)Nc1ccc2c(c1)OCO2. The minimum Gasteiger partial charge on any atom is -0.480 e. The molecule has 0 spiro atoms. The summed E-state index contributed by atoms with van der Waals surface area (Å²) in [4.78, 5) is 25.1. The number of fused-ring (bicyclic) bond motifs is 1. The normalized spacial score (nSPS) is 20.6. The molecule has 1 saturated heterocycles. The van der Waals surface area contributed by atoms with E-state index in [0.717, 1.165) is 12.8 Å². The summed E-state index contributed by atoms with van der Waals surface area (Å²) in [5.41, 5.74) is 0.609. The number of nitrogens with zero attached hydrogens (tertiary/aromatic N) is 1. The van der Waals surface area contributed by atoms with Crippen LogP contribution in [0.15, 0.2) is 18.2 Å². The Hall–Kier alpha value is -2.28. The Morgan fingerprint density at radius 1 is 1.27 bits per heavy atom. The van der Waals surface area contributed by atoms with Crippen molar-refractivity contribution in [1.82, 2.24) is 4.90 Å². The maximum absolute atomic E-state index is 12.1. The maximum Gasteiger partial charge on any atom is 0.320 e. The highest BCUT2D eigenvalue weighted by Crippen LogP contribution is 2.34. The first-order valence-electron chi connectivity index (χ1n) is 7.30. The third kappa shape index (κ3) is 3.14. The van der Waals surface area contributed by atoms with Crippen LogP contribution in [0.1, 0.15) is 19.3 Å². The molecule has 0 aromatic heterocycles.